The smallest absolute Gasteiger partial charge is 0.335 e. The highest BCUT2D eigenvalue weighted by Gasteiger charge is 2.70. The Morgan fingerprint density at radius 3 is 2.20 bits per heavy atom. The van der Waals surface area contributed by atoms with Gasteiger partial charge in [-0.25, -0.2) is 13.2 Å². The summed E-state index contributed by atoms with van der Waals surface area (Å²) in [5.41, 5.74) is 2.63. The molecule has 1 saturated heterocycles. The normalized spacial score (nSPS) is 37.8. The van der Waals surface area contributed by atoms with Crippen LogP contribution in [0.1, 0.15) is 128 Å². The summed E-state index contributed by atoms with van der Waals surface area (Å²) in [6, 6.07) is 7.44. The van der Waals surface area contributed by atoms with Crippen LogP contribution in [0.15, 0.2) is 43.0 Å². The highest BCUT2D eigenvalue weighted by atomic mass is 32.2. The van der Waals surface area contributed by atoms with Gasteiger partial charge >= 0.3 is 5.97 Å². The van der Waals surface area contributed by atoms with Gasteiger partial charge in [0.1, 0.15) is 0 Å². The molecule has 1 aromatic carbocycles. The van der Waals surface area contributed by atoms with Crippen LogP contribution in [0, 0.1) is 50.7 Å². The van der Waals surface area contributed by atoms with E-state index < -0.39 is 27.1 Å². The lowest BCUT2D eigenvalue weighted by molar-refractivity contribution is -0.221. The minimum atomic E-state index is -2.92. The first kappa shape index (κ1) is 40.9. The van der Waals surface area contributed by atoms with E-state index in [0.29, 0.717) is 49.4 Å². The summed E-state index contributed by atoms with van der Waals surface area (Å²) in [5.74, 6) is 0.706. The molecule has 0 aromatic heterocycles. The molecule has 2 N–H and O–H groups in total. The van der Waals surface area contributed by atoms with E-state index in [1.165, 1.54) is 18.4 Å². The maximum atomic E-state index is 14.2. The van der Waals surface area contributed by atoms with Crippen molar-refractivity contribution in [3.05, 3.63) is 54.1 Å². The average Bonchev–Trinajstić information content (AvgIpc) is 3.56. The van der Waals surface area contributed by atoms with Crippen LogP contribution in [-0.4, -0.2) is 73.8 Å². The SMILES string of the molecule is C=CC.CC1(C)C(c2ccc(C(=O)O)cc2)=CC[C@@]2(C)C1CC[C@]1(C)C2CC[C@@H]2[C@H]3CCC[C@]3(C(=O)C(=O)NCCCN3CCS(=O)(=O)CC3)CC[C@]21C. The van der Waals surface area contributed by atoms with Gasteiger partial charge in [0.15, 0.2) is 9.84 Å². The van der Waals surface area contributed by atoms with Crippen molar-refractivity contribution in [2.45, 2.75) is 112 Å². The van der Waals surface area contributed by atoms with Gasteiger partial charge in [0, 0.05) is 25.0 Å². The molecule has 1 amide bonds. The van der Waals surface area contributed by atoms with Crippen LogP contribution >= 0.6 is 0 Å². The first-order valence-electron chi connectivity index (χ1n) is 20.8. The standard InChI is InChI=1S/C42H60N2O6S.C3H6/c1-38(2)30(28-9-11-29(12-10-28)37(47)48)15-18-39(3)33(38)16-19-41(5)34(39)14-13-31-32-8-6-17-42(32,21-20-40(31,41)4)35(45)36(46)43-22-7-23-44-24-26-51(49,50)27-25-44;1-3-2/h9-12,15,31-34H,6-8,13-14,16-27H2,1-5H3,(H,43,46)(H,47,48);3H,1H2,2H3/t31-,32-,33?,34?,39+,40-,41-,42+;/m1./s1. The van der Waals surface area contributed by atoms with Gasteiger partial charge in [-0.05, 0) is 146 Å². The number of nitrogens with zero attached hydrogens (tertiary/aromatic N) is 1. The van der Waals surface area contributed by atoms with E-state index in [1.54, 1.807) is 18.2 Å². The molecule has 2 unspecified atom stereocenters. The molecule has 1 aliphatic heterocycles. The molecule has 5 aliphatic carbocycles. The average molecular weight is 763 g/mol. The van der Waals surface area contributed by atoms with Gasteiger partial charge in [0.25, 0.3) is 5.91 Å². The summed E-state index contributed by atoms with van der Waals surface area (Å²) in [6.45, 7) is 20.0. The van der Waals surface area contributed by atoms with Crippen molar-refractivity contribution in [1.29, 1.82) is 0 Å². The number of carbonyl (C=O) groups is 3. The van der Waals surface area contributed by atoms with Crippen LogP contribution in [-0.2, 0) is 19.4 Å². The number of carboxylic acids is 1. The number of rotatable bonds is 8. The zero-order valence-electron chi connectivity index (χ0n) is 33.8. The Hall–Kier alpha value is -2.78. The summed E-state index contributed by atoms with van der Waals surface area (Å²) in [4.78, 5) is 41.4. The van der Waals surface area contributed by atoms with Crippen LogP contribution in [0.2, 0.25) is 0 Å². The quantitative estimate of drug-likeness (QED) is 0.156. The van der Waals surface area contributed by atoms with Gasteiger partial charge in [0.05, 0.1) is 17.1 Å². The lowest BCUT2D eigenvalue weighted by Gasteiger charge is -2.72. The molecule has 8 nitrogen and oxygen atoms in total. The predicted octanol–water partition coefficient (Wildman–Crippen LogP) is 8.23. The molecule has 5 fully saturated rings. The van der Waals surface area contributed by atoms with Crippen LogP contribution < -0.4 is 5.32 Å². The summed E-state index contributed by atoms with van der Waals surface area (Å²) in [5, 5.41) is 12.4. The largest absolute Gasteiger partial charge is 0.478 e. The molecule has 1 heterocycles. The van der Waals surface area contributed by atoms with E-state index >= 15 is 0 Å². The van der Waals surface area contributed by atoms with Crippen molar-refractivity contribution in [1.82, 2.24) is 10.2 Å². The lowest BCUT2D eigenvalue weighted by Crippen LogP contribution is -2.65. The van der Waals surface area contributed by atoms with E-state index in [4.69, 9.17) is 0 Å². The van der Waals surface area contributed by atoms with E-state index in [0.717, 1.165) is 63.5 Å². The van der Waals surface area contributed by atoms with Gasteiger partial charge < -0.3 is 15.3 Å². The minimum Gasteiger partial charge on any atom is -0.478 e. The maximum Gasteiger partial charge on any atom is 0.335 e. The molecular weight excluding hydrogens is 697 g/mol. The number of ketones is 1. The third-order valence-electron chi connectivity index (χ3n) is 16.4. The maximum absolute atomic E-state index is 14.2. The zero-order chi connectivity index (χ0) is 39.3. The second-order valence-corrected chi connectivity index (χ2v) is 21.4. The van der Waals surface area contributed by atoms with Gasteiger partial charge in [-0.2, -0.15) is 0 Å². The van der Waals surface area contributed by atoms with Crippen LogP contribution in [0.25, 0.3) is 5.57 Å². The first-order valence-corrected chi connectivity index (χ1v) is 22.6. The van der Waals surface area contributed by atoms with E-state index in [1.807, 2.05) is 19.1 Å². The topological polar surface area (TPSA) is 121 Å². The Labute approximate surface area is 324 Å². The van der Waals surface area contributed by atoms with Gasteiger partial charge in [-0.1, -0.05) is 65.3 Å². The van der Waals surface area contributed by atoms with Crippen LogP contribution in [0.3, 0.4) is 0 Å². The summed E-state index contributed by atoms with van der Waals surface area (Å²) >= 11 is 0. The Bertz CT molecular complexity index is 1750. The Morgan fingerprint density at radius 2 is 1.56 bits per heavy atom. The van der Waals surface area contributed by atoms with Crippen molar-refractivity contribution in [2.24, 2.45) is 50.7 Å². The molecular formula is C45H66N2O6S. The minimum absolute atomic E-state index is 0.0434. The molecule has 298 valence electrons. The molecule has 9 heteroatoms. The number of hydrogen-bond acceptors (Lipinski definition) is 6. The van der Waals surface area contributed by atoms with E-state index in [9.17, 15) is 27.9 Å². The number of carboxylic acid groups (broad SMARTS) is 1. The molecule has 4 saturated carbocycles. The third kappa shape index (κ3) is 6.75. The van der Waals surface area contributed by atoms with Crippen molar-refractivity contribution in [2.75, 3.05) is 37.7 Å². The molecule has 1 aromatic rings. The Morgan fingerprint density at radius 1 is 0.889 bits per heavy atom. The van der Waals surface area contributed by atoms with Gasteiger partial charge in [0.2, 0.25) is 5.78 Å². The molecule has 6 aliphatic rings. The van der Waals surface area contributed by atoms with Crippen molar-refractivity contribution in [3.63, 3.8) is 0 Å². The second-order valence-electron chi connectivity index (χ2n) is 19.1. The van der Waals surface area contributed by atoms with Gasteiger partial charge in [-0.3, -0.25) is 9.59 Å². The number of hydrogen-bond donors (Lipinski definition) is 2. The fourth-order valence-corrected chi connectivity index (χ4v) is 14.9. The summed E-state index contributed by atoms with van der Waals surface area (Å²) < 4.78 is 23.5. The number of nitrogens with one attached hydrogen (secondary N) is 1. The van der Waals surface area contributed by atoms with Gasteiger partial charge in [-0.15, -0.1) is 6.58 Å². The molecule has 54 heavy (non-hydrogen) atoms. The number of Topliss-reactive ketones (excluding diaryl/α,β-unsaturated/α-hetero) is 1. The Balaban J connectivity index is 0.00000160. The monoisotopic (exact) mass is 762 g/mol. The fourth-order valence-electron chi connectivity index (χ4n) is 13.6. The molecule has 0 radical (unpaired) electrons. The van der Waals surface area contributed by atoms with Crippen molar-refractivity contribution in [3.8, 4) is 0 Å². The molecule has 0 bridgehead atoms. The predicted molar refractivity (Wildman–Crippen MR) is 216 cm³/mol. The lowest BCUT2D eigenvalue weighted by atomic mass is 9.32. The number of allylic oxidation sites excluding steroid dienone is 3. The number of benzene rings is 1. The number of amides is 1. The summed E-state index contributed by atoms with van der Waals surface area (Å²) in [7, 11) is -2.92. The third-order valence-corrected chi connectivity index (χ3v) is 18.0. The van der Waals surface area contributed by atoms with E-state index in [2.05, 4.69) is 57.5 Å². The summed E-state index contributed by atoms with van der Waals surface area (Å²) in [6.07, 6.45) is 15.3. The first-order chi connectivity index (χ1) is 25.4. The number of carbonyl (C=O) groups excluding carboxylic acids is 2. The second kappa shape index (κ2) is 14.9. The molecule has 8 atom stereocenters. The highest BCUT2D eigenvalue weighted by Crippen LogP contribution is 2.77. The molecule has 0 spiro atoms. The highest BCUT2D eigenvalue weighted by molar-refractivity contribution is 7.91. The van der Waals surface area contributed by atoms with Crippen molar-refractivity contribution >= 4 is 33.1 Å². The Kier molecular flexibility index (Phi) is 11.3. The molecule has 7 rings (SSSR count). The number of sulfone groups is 1. The van der Waals surface area contributed by atoms with Crippen molar-refractivity contribution < 1.29 is 27.9 Å². The van der Waals surface area contributed by atoms with E-state index in [-0.39, 0.29) is 44.9 Å². The zero-order valence-corrected chi connectivity index (χ0v) is 34.7. The van der Waals surface area contributed by atoms with Crippen LogP contribution in [0.5, 0.6) is 0 Å². The number of aromatic carboxylic acids is 1. The fraction of sp³-hybridized carbons (Fsp3) is 0.711. The number of fused-ring (bicyclic) bond motifs is 7. The van der Waals surface area contributed by atoms with Crippen LogP contribution in [0.4, 0.5) is 0 Å².